The van der Waals surface area contributed by atoms with Crippen LogP contribution < -0.4 is 0 Å². The molecule has 0 atom stereocenters. The van der Waals surface area contributed by atoms with Gasteiger partial charge in [-0.3, -0.25) is 4.79 Å². The van der Waals surface area contributed by atoms with Crippen LogP contribution in [0.5, 0.6) is 0 Å². The minimum absolute atomic E-state index is 0.0317. The molecule has 0 spiro atoms. The van der Waals surface area contributed by atoms with E-state index in [1.165, 1.54) is 0 Å². The number of hydrogen-bond acceptors (Lipinski definition) is 3. The van der Waals surface area contributed by atoms with Gasteiger partial charge in [0.05, 0.1) is 6.42 Å². The Morgan fingerprint density at radius 2 is 1.88 bits per heavy atom. The van der Waals surface area contributed by atoms with Crippen molar-refractivity contribution in [3.05, 3.63) is 70.8 Å². The average Bonchev–Trinajstić information content (AvgIpc) is 2.60. The molecule has 0 bridgehead atoms. The molecule has 2 aromatic rings. The summed E-state index contributed by atoms with van der Waals surface area (Å²) in [6.07, 6.45) is 0.314. The highest BCUT2D eigenvalue weighted by atomic mass is 16.6. The maximum absolute atomic E-state index is 12.3. The second-order valence-corrected chi connectivity index (χ2v) is 5.84. The molecule has 3 rings (SSSR count). The molecule has 5 heteroatoms. The van der Waals surface area contributed by atoms with Crippen LogP contribution in [0.2, 0.25) is 0 Å². The molecule has 0 aliphatic carbocycles. The number of carboxylic acids is 1. The normalized spacial score (nSPS) is 13.2. The van der Waals surface area contributed by atoms with Gasteiger partial charge in [0.2, 0.25) is 0 Å². The Hall–Kier alpha value is -2.82. The maximum Gasteiger partial charge on any atom is 0.410 e. The average molecular weight is 325 g/mol. The molecule has 0 saturated heterocycles. The Morgan fingerprint density at radius 3 is 2.62 bits per heavy atom. The van der Waals surface area contributed by atoms with E-state index in [1.807, 2.05) is 48.5 Å². The molecule has 24 heavy (non-hydrogen) atoms. The first-order valence-electron chi connectivity index (χ1n) is 7.90. The number of benzene rings is 2. The van der Waals surface area contributed by atoms with Gasteiger partial charge in [-0.15, -0.1) is 0 Å². The van der Waals surface area contributed by atoms with Gasteiger partial charge in [0.25, 0.3) is 0 Å². The van der Waals surface area contributed by atoms with Crippen LogP contribution in [-0.2, 0) is 35.5 Å². The number of hydrogen-bond donors (Lipinski definition) is 1. The third-order valence-electron chi connectivity index (χ3n) is 4.18. The van der Waals surface area contributed by atoms with Crippen molar-refractivity contribution in [3.63, 3.8) is 0 Å². The van der Waals surface area contributed by atoms with Crippen molar-refractivity contribution < 1.29 is 19.4 Å². The summed E-state index contributed by atoms with van der Waals surface area (Å²) >= 11 is 0. The minimum Gasteiger partial charge on any atom is -0.481 e. The Labute approximate surface area is 140 Å². The first kappa shape index (κ1) is 16.1. The van der Waals surface area contributed by atoms with Gasteiger partial charge in [-0.1, -0.05) is 48.5 Å². The number of ether oxygens (including phenoxy) is 1. The van der Waals surface area contributed by atoms with Crippen LogP contribution in [0.3, 0.4) is 0 Å². The summed E-state index contributed by atoms with van der Waals surface area (Å²) in [6.45, 7) is 1.21. The molecule has 1 heterocycles. The standard InChI is InChI=1S/C19H19NO4/c21-18(22)11-16-8-4-7-15-9-10-20(12-17(15)16)19(23)24-13-14-5-2-1-3-6-14/h1-8H,9-13H2,(H,21,22). The molecule has 0 unspecified atom stereocenters. The smallest absolute Gasteiger partial charge is 0.410 e. The van der Waals surface area contributed by atoms with Gasteiger partial charge >= 0.3 is 12.1 Å². The Balaban J connectivity index is 1.67. The van der Waals surface area contributed by atoms with E-state index in [0.29, 0.717) is 19.5 Å². The molecule has 0 radical (unpaired) electrons. The van der Waals surface area contributed by atoms with E-state index in [2.05, 4.69) is 0 Å². The highest BCUT2D eigenvalue weighted by Gasteiger charge is 2.24. The summed E-state index contributed by atoms with van der Waals surface area (Å²) in [5.41, 5.74) is 3.75. The largest absolute Gasteiger partial charge is 0.481 e. The zero-order valence-electron chi connectivity index (χ0n) is 13.3. The first-order valence-corrected chi connectivity index (χ1v) is 7.90. The van der Waals surface area contributed by atoms with Gasteiger partial charge in [0.15, 0.2) is 0 Å². The quantitative estimate of drug-likeness (QED) is 0.938. The number of rotatable bonds is 4. The molecule has 1 N–H and O–H groups in total. The summed E-state index contributed by atoms with van der Waals surface area (Å²) < 4.78 is 5.37. The van der Waals surface area contributed by atoms with E-state index in [9.17, 15) is 9.59 Å². The second-order valence-electron chi connectivity index (χ2n) is 5.84. The molecule has 0 fully saturated rings. The number of nitrogens with zero attached hydrogens (tertiary/aromatic N) is 1. The number of carbonyl (C=O) groups excluding carboxylic acids is 1. The molecule has 2 aromatic carbocycles. The highest BCUT2D eigenvalue weighted by Crippen LogP contribution is 2.24. The third kappa shape index (κ3) is 3.74. The summed E-state index contributed by atoms with van der Waals surface area (Å²) in [5, 5.41) is 9.05. The lowest BCUT2D eigenvalue weighted by Crippen LogP contribution is -2.37. The lowest BCUT2D eigenvalue weighted by atomic mass is 9.93. The molecular formula is C19H19NO4. The van der Waals surface area contributed by atoms with E-state index in [4.69, 9.17) is 9.84 Å². The number of amides is 1. The molecule has 1 amide bonds. The van der Waals surface area contributed by atoms with Crippen molar-refractivity contribution >= 4 is 12.1 Å². The number of carbonyl (C=O) groups is 2. The zero-order valence-corrected chi connectivity index (χ0v) is 13.3. The van der Waals surface area contributed by atoms with Crippen LogP contribution in [0.15, 0.2) is 48.5 Å². The van der Waals surface area contributed by atoms with Crippen LogP contribution in [-0.4, -0.2) is 28.6 Å². The maximum atomic E-state index is 12.3. The molecule has 5 nitrogen and oxygen atoms in total. The zero-order chi connectivity index (χ0) is 16.9. The predicted octanol–water partition coefficient (Wildman–Crippen LogP) is 3.01. The number of fused-ring (bicyclic) bond motifs is 1. The molecule has 0 saturated carbocycles. The van der Waals surface area contributed by atoms with E-state index >= 15 is 0 Å². The van der Waals surface area contributed by atoms with Crippen LogP contribution in [0.1, 0.15) is 22.3 Å². The monoisotopic (exact) mass is 325 g/mol. The third-order valence-corrected chi connectivity index (χ3v) is 4.18. The predicted molar refractivity (Wildman–Crippen MR) is 88.5 cm³/mol. The minimum atomic E-state index is -0.868. The number of aliphatic carboxylic acids is 1. The lowest BCUT2D eigenvalue weighted by Gasteiger charge is -2.29. The van der Waals surface area contributed by atoms with Gasteiger partial charge in [-0.2, -0.15) is 0 Å². The summed E-state index contributed by atoms with van der Waals surface area (Å²) in [4.78, 5) is 25.0. The van der Waals surface area contributed by atoms with E-state index in [1.54, 1.807) is 4.90 Å². The van der Waals surface area contributed by atoms with Crippen molar-refractivity contribution in [1.29, 1.82) is 0 Å². The van der Waals surface area contributed by atoms with Crippen LogP contribution in [0.25, 0.3) is 0 Å². The molecular weight excluding hydrogens is 306 g/mol. The van der Waals surface area contributed by atoms with Crippen molar-refractivity contribution in [2.24, 2.45) is 0 Å². The fourth-order valence-corrected chi connectivity index (χ4v) is 2.95. The van der Waals surface area contributed by atoms with Gasteiger partial charge in [0, 0.05) is 13.1 Å². The van der Waals surface area contributed by atoms with Crippen molar-refractivity contribution in [1.82, 2.24) is 4.90 Å². The fraction of sp³-hybridized carbons (Fsp3) is 0.263. The topological polar surface area (TPSA) is 66.8 Å². The SMILES string of the molecule is O=C(O)Cc1cccc2c1CN(C(=O)OCc1ccccc1)CC2. The van der Waals surface area contributed by atoms with E-state index < -0.39 is 5.97 Å². The first-order chi connectivity index (χ1) is 11.6. The van der Waals surface area contributed by atoms with E-state index in [0.717, 1.165) is 22.3 Å². The second kappa shape index (κ2) is 7.17. The van der Waals surface area contributed by atoms with Crippen molar-refractivity contribution in [3.8, 4) is 0 Å². The summed E-state index contributed by atoms with van der Waals surface area (Å²) in [7, 11) is 0. The summed E-state index contributed by atoms with van der Waals surface area (Å²) in [5.74, 6) is -0.868. The molecule has 124 valence electrons. The van der Waals surface area contributed by atoms with Crippen molar-refractivity contribution in [2.45, 2.75) is 26.0 Å². The highest BCUT2D eigenvalue weighted by molar-refractivity contribution is 5.72. The Bertz CT molecular complexity index is 742. The lowest BCUT2D eigenvalue weighted by molar-refractivity contribution is -0.136. The Kier molecular flexibility index (Phi) is 4.79. The van der Waals surface area contributed by atoms with Gasteiger partial charge in [-0.25, -0.2) is 4.79 Å². The van der Waals surface area contributed by atoms with Gasteiger partial charge < -0.3 is 14.7 Å². The molecule has 1 aliphatic rings. The molecule has 0 aromatic heterocycles. The van der Waals surface area contributed by atoms with Gasteiger partial charge in [-0.05, 0) is 28.7 Å². The van der Waals surface area contributed by atoms with Crippen LogP contribution in [0, 0.1) is 0 Å². The van der Waals surface area contributed by atoms with Crippen molar-refractivity contribution in [2.75, 3.05) is 6.54 Å². The molecule has 1 aliphatic heterocycles. The number of carboxylic acid groups (broad SMARTS) is 1. The Morgan fingerprint density at radius 1 is 1.08 bits per heavy atom. The van der Waals surface area contributed by atoms with Crippen LogP contribution in [0.4, 0.5) is 4.79 Å². The van der Waals surface area contributed by atoms with Gasteiger partial charge in [0.1, 0.15) is 6.61 Å². The van der Waals surface area contributed by atoms with Crippen LogP contribution >= 0.6 is 0 Å². The fourth-order valence-electron chi connectivity index (χ4n) is 2.95. The van der Waals surface area contributed by atoms with E-state index in [-0.39, 0.29) is 19.1 Å². The summed E-state index contributed by atoms with van der Waals surface area (Å²) in [6, 6.07) is 15.2.